The molecule has 1 saturated heterocycles. The normalized spacial score (nSPS) is 15.3. The standard InChI is InChI=1S/C24H31N3O3S/c1-4-13-25-31(29,30)23-11-9-22(10-12-23)24(28)27-16-14-26(15-17-27)18-20-5-7-21(8-6-20)19(2)3/h4-12,19,25H,1,13-18H2,2-3H3. The average molecular weight is 442 g/mol. The van der Waals surface area contributed by atoms with E-state index in [-0.39, 0.29) is 17.3 Å². The maximum atomic E-state index is 12.8. The molecule has 1 fully saturated rings. The van der Waals surface area contributed by atoms with Crippen molar-refractivity contribution < 1.29 is 13.2 Å². The monoisotopic (exact) mass is 441 g/mol. The number of amides is 1. The van der Waals surface area contributed by atoms with Crippen LogP contribution in [0.15, 0.2) is 66.1 Å². The molecule has 7 heteroatoms. The molecule has 0 aliphatic carbocycles. The molecule has 0 unspecified atom stereocenters. The molecule has 1 heterocycles. The van der Waals surface area contributed by atoms with Crippen LogP contribution in [-0.2, 0) is 16.6 Å². The van der Waals surface area contributed by atoms with Crippen molar-refractivity contribution in [1.82, 2.24) is 14.5 Å². The van der Waals surface area contributed by atoms with Gasteiger partial charge in [0.05, 0.1) is 4.90 Å². The van der Waals surface area contributed by atoms with Crippen molar-refractivity contribution in [3.05, 3.63) is 77.9 Å². The van der Waals surface area contributed by atoms with E-state index in [1.165, 1.54) is 29.3 Å². The summed E-state index contributed by atoms with van der Waals surface area (Å²) in [6.45, 7) is 11.9. The van der Waals surface area contributed by atoms with Crippen LogP contribution in [0.1, 0.15) is 41.3 Å². The molecular weight excluding hydrogens is 410 g/mol. The Hall–Kier alpha value is -2.48. The predicted octanol–water partition coefficient (Wildman–Crippen LogP) is 3.23. The fraction of sp³-hybridized carbons (Fsp3) is 0.375. The van der Waals surface area contributed by atoms with Gasteiger partial charge >= 0.3 is 0 Å². The van der Waals surface area contributed by atoms with Crippen molar-refractivity contribution in [2.75, 3.05) is 32.7 Å². The first-order chi connectivity index (χ1) is 14.8. The van der Waals surface area contributed by atoms with Gasteiger partial charge in [-0.1, -0.05) is 44.2 Å². The van der Waals surface area contributed by atoms with Gasteiger partial charge in [0, 0.05) is 44.8 Å². The van der Waals surface area contributed by atoms with Gasteiger partial charge in [-0.25, -0.2) is 13.1 Å². The number of rotatable bonds is 8. The lowest BCUT2D eigenvalue weighted by Gasteiger charge is -2.34. The zero-order valence-electron chi connectivity index (χ0n) is 18.3. The number of benzene rings is 2. The summed E-state index contributed by atoms with van der Waals surface area (Å²) in [4.78, 5) is 17.2. The van der Waals surface area contributed by atoms with Gasteiger partial charge in [0.25, 0.3) is 5.91 Å². The van der Waals surface area contributed by atoms with Crippen LogP contribution in [0, 0.1) is 0 Å². The van der Waals surface area contributed by atoms with Crippen LogP contribution in [-0.4, -0.2) is 56.8 Å². The molecule has 3 rings (SSSR count). The van der Waals surface area contributed by atoms with E-state index in [2.05, 4.69) is 54.3 Å². The molecule has 0 radical (unpaired) electrons. The number of nitrogens with zero attached hydrogens (tertiary/aromatic N) is 2. The van der Waals surface area contributed by atoms with Crippen LogP contribution in [0.25, 0.3) is 0 Å². The summed E-state index contributed by atoms with van der Waals surface area (Å²) in [5.41, 5.74) is 3.13. The fourth-order valence-electron chi connectivity index (χ4n) is 3.59. The van der Waals surface area contributed by atoms with E-state index in [4.69, 9.17) is 0 Å². The number of hydrogen-bond donors (Lipinski definition) is 1. The number of sulfonamides is 1. The summed E-state index contributed by atoms with van der Waals surface area (Å²) in [5.74, 6) is 0.463. The molecule has 1 N–H and O–H groups in total. The third kappa shape index (κ3) is 6.03. The molecule has 0 saturated carbocycles. The first-order valence-corrected chi connectivity index (χ1v) is 12.1. The van der Waals surface area contributed by atoms with E-state index >= 15 is 0 Å². The Morgan fingerprint density at radius 2 is 1.65 bits per heavy atom. The Balaban J connectivity index is 1.54. The minimum atomic E-state index is -3.59. The van der Waals surface area contributed by atoms with Crippen LogP contribution in [0.2, 0.25) is 0 Å². The highest BCUT2D eigenvalue weighted by Crippen LogP contribution is 2.17. The summed E-state index contributed by atoms with van der Waals surface area (Å²) in [6.07, 6.45) is 1.48. The zero-order chi connectivity index (χ0) is 22.4. The molecule has 0 bridgehead atoms. The van der Waals surface area contributed by atoms with Crippen LogP contribution >= 0.6 is 0 Å². The lowest BCUT2D eigenvalue weighted by atomic mass is 10.0. The van der Waals surface area contributed by atoms with Crippen LogP contribution < -0.4 is 4.72 Å². The number of carbonyl (C=O) groups is 1. The SMILES string of the molecule is C=CCNS(=O)(=O)c1ccc(C(=O)N2CCN(Cc3ccc(C(C)C)cc3)CC2)cc1. The Labute approximate surface area is 185 Å². The summed E-state index contributed by atoms with van der Waals surface area (Å²) < 4.78 is 26.7. The molecule has 2 aromatic carbocycles. The van der Waals surface area contributed by atoms with Gasteiger partial charge in [-0.15, -0.1) is 6.58 Å². The minimum absolute atomic E-state index is 0.0658. The Kier molecular flexibility index (Phi) is 7.64. The first kappa shape index (κ1) is 23.2. The average Bonchev–Trinajstić information content (AvgIpc) is 2.78. The van der Waals surface area contributed by atoms with Crippen LogP contribution in [0.3, 0.4) is 0 Å². The highest BCUT2D eigenvalue weighted by molar-refractivity contribution is 7.89. The molecular formula is C24H31N3O3S. The van der Waals surface area contributed by atoms with Gasteiger partial charge in [-0.05, 0) is 41.3 Å². The summed E-state index contributed by atoms with van der Waals surface area (Å²) in [7, 11) is -3.59. The van der Waals surface area contributed by atoms with Crippen molar-refractivity contribution in [2.45, 2.75) is 31.2 Å². The largest absolute Gasteiger partial charge is 0.336 e. The molecule has 1 amide bonds. The maximum absolute atomic E-state index is 12.8. The second-order valence-electron chi connectivity index (χ2n) is 8.13. The van der Waals surface area contributed by atoms with E-state index in [0.29, 0.717) is 24.6 Å². The maximum Gasteiger partial charge on any atom is 0.253 e. The first-order valence-electron chi connectivity index (χ1n) is 10.6. The molecule has 6 nitrogen and oxygen atoms in total. The summed E-state index contributed by atoms with van der Waals surface area (Å²) in [6, 6.07) is 14.8. The molecule has 0 spiro atoms. The molecule has 166 valence electrons. The van der Waals surface area contributed by atoms with Gasteiger partial charge < -0.3 is 4.90 Å². The Bertz CT molecular complexity index is 991. The smallest absolute Gasteiger partial charge is 0.253 e. The Morgan fingerprint density at radius 3 is 2.19 bits per heavy atom. The third-order valence-electron chi connectivity index (χ3n) is 5.54. The number of nitrogens with one attached hydrogen (secondary N) is 1. The van der Waals surface area contributed by atoms with Crippen molar-refractivity contribution in [3.63, 3.8) is 0 Å². The van der Waals surface area contributed by atoms with Gasteiger partial charge in [0.2, 0.25) is 10.0 Å². The fourth-order valence-corrected chi connectivity index (χ4v) is 4.58. The van der Waals surface area contributed by atoms with Crippen molar-refractivity contribution in [1.29, 1.82) is 0 Å². The molecule has 2 aromatic rings. The summed E-state index contributed by atoms with van der Waals surface area (Å²) >= 11 is 0. The van der Waals surface area contributed by atoms with Gasteiger partial charge in [0.15, 0.2) is 0 Å². The van der Waals surface area contributed by atoms with Crippen LogP contribution in [0.4, 0.5) is 0 Å². The number of hydrogen-bond acceptors (Lipinski definition) is 4. The van der Waals surface area contributed by atoms with Gasteiger partial charge in [-0.2, -0.15) is 0 Å². The quantitative estimate of drug-likeness (QED) is 0.639. The molecule has 31 heavy (non-hydrogen) atoms. The van der Waals surface area contributed by atoms with E-state index < -0.39 is 10.0 Å². The summed E-state index contributed by atoms with van der Waals surface area (Å²) in [5, 5.41) is 0. The highest BCUT2D eigenvalue weighted by atomic mass is 32.2. The number of carbonyl (C=O) groups excluding carboxylic acids is 1. The zero-order valence-corrected chi connectivity index (χ0v) is 19.1. The van der Waals surface area contributed by atoms with Crippen molar-refractivity contribution >= 4 is 15.9 Å². The molecule has 0 aromatic heterocycles. The van der Waals surface area contributed by atoms with E-state index in [9.17, 15) is 13.2 Å². The van der Waals surface area contributed by atoms with E-state index in [0.717, 1.165) is 19.6 Å². The molecule has 1 aliphatic heterocycles. The van der Waals surface area contributed by atoms with Crippen molar-refractivity contribution in [2.24, 2.45) is 0 Å². The van der Waals surface area contributed by atoms with Gasteiger partial charge in [-0.3, -0.25) is 9.69 Å². The third-order valence-corrected chi connectivity index (χ3v) is 6.98. The topological polar surface area (TPSA) is 69.7 Å². The van der Waals surface area contributed by atoms with E-state index in [1.807, 2.05) is 4.90 Å². The van der Waals surface area contributed by atoms with Crippen LogP contribution in [0.5, 0.6) is 0 Å². The van der Waals surface area contributed by atoms with E-state index in [1.54, 1.807) is 12.1 Å². The molecule has 1 aliphatic rings. The minimum Gasteiger partial charge on any atom is -0.336 e. The predicted molar refractivity (Wildman–Crippen MR) is 124 cm³/mol. The number of piperazine rings is 1. The molecule has 0 atom stereocenters. The lowest BCUT2D eigenvalue weighted by molar-refractivity contribution is 0.0628. The second-order valence-corrected chi connectivity index (χ2v) is 9.90. The lowest BCUT2D eigenvalue weighted by Crippen LogP contribution is -2.48. The highest BCUT2D eigenvalue weighted by Gasteiger charge is 2.23. The van der Waals surface area contributed by atoms with Crippen molar-refractivity contribution in [3.8, 4) is 0 Å². The van der Waals surface area contributed by atoms with Gasteiger partial charge in [0.1, 0.15) is 0 Å². The Morgan fingerprint density at radius 1 is 1.03 bits per heavy atom. The second kappa shape index (κ2) is 10.2.